The van der Waals surface area contributed by atoms with E-state index in [9.17, 15) is 0 Å². The van der Waals surface area contributed by atoms with Crippen molar-refractivity contribution < 1.29 is 4.74 Å². The monoisotopic (exact) mass is 275 g/mol. The minimum atomic E-state index is 0.298. The van der Waals surface area contributed by atoms with E-state index in [2.05, 4.69) is 63.3 Å². The van der Waals surface area contributed by atoms with Gasteiger partial charge in [0, 0.05) is 24.6 Å². The second-order valence-corrected chi connectivity index (χ2v) is 6.31. The van der Waals surface area contributed by atoms with E-state index < -0.39 is 0 Å². The zero-order valence-corrected chi connectivity index (χ0v) is 13.4. The summed E-state index contributed by atoms with van der Waals surface area (Å²) in [4.78, 5) is 0. The number of ether oxygens (including phenoxy) is 1. The van der Waals surface area contributed by atoms with Crippen molar-refractivity contribution in [3.63, 3.8) is 0 Å². The van der Waals surface area contributed by atoms with Gasteiger partial charge in [-0.2, -0.15) is 0 Å². The first-order valence-electron chi connectivity index (χ1n) is 8.01. The van der Waals surface area contributed by atoms with Crippen LogP contribution in [0.3, 0.4) is 0 Å². The molecular weight excluding hydrogens is 246 g/mol. The molecule has 0 aliphatic heterocycles. The average Bonchev–Trinajstić information content (AvgIpc) is 2.49. The molecule has 4 unspecified atom stereocenters. The van der Waals surface area contributed by atoms with E-state index >= 15 is 0 Å². The second-order valence-electron chi connectivity index (χ2n) is 6.31. The maximum Gasteiger partial charge on any atom is 0.0658 e. The van der Waals surface area contributed by atoms with Gasteiger partial charge >= 0.3 is 0 Å². The highest BCUT2D eigenvalue weighted by Gasteiger charge is 2.50. The van der Waals surface area contributed by atoms with E-state index in [0.717, 1.165) is 19.6 Å². The quantitative estimate of drug-likeness (QED) is 0.813. The van der Waals surface area contributed by atoms with Crippen LogP contribution in [0.15, 0.2) is 30.3 Å². The molecule has 1 aliphatic rings. The van der Waals surface area contributed by atoms with Crippen molar-refractivity contribution in [3.8, 4) is 0 Å². The van der Waals surface area contributed by atoms with Crippen LogP contribution in [0.4, 0.5) is 0 Å². The first-order chi connectivity index (χ1) is 9.61. The van der Waals surface area contributed by atoms with Crippen molar-refractivity contribution >= 4 is 0 Å². The Kier molecular flexibility index (Phi) is 5.22. The molecule has 1 N–H and O–H groups in total. The highest BCUT2D eigenvalue weighted by atomic mass is 16.5. The van der Waals surface area contributed by atoms with Crippen LogP contribution in [0.2, 0.25) is 0 Å². The van der Waals surface area contributed by atoms with Crippen LogP contribution in [-0.4, -0.2) is 25.3 Å². The van der Waals surface area contributed by atoms with Gasteiger partial charge in [0.2, 0.25) is 0 Å². The van der Waals surface area contributed by atoms with Crippen LogP contribution in [-0.2, 0) is 4.74 Å². The summed E-state index contributed by atoms with van der Waals surface area (Å²) in [5, 5.41) is 3.77. The summed E-state index contributed by atoms with van der Waals surface area (Å²) in [6, 6.07) is 11.4. The lowest BCUT2D eigenvalue weighted by atomic mass is 9.61. The molecule has 2 heteroatoms. The third-order valence-corrected chi connectivity index (χ3v) is 5.15. The van der Waals surface area contributed by atoms with E-state index in [0.29, 0.717) is 23.5 Å². The van der Waals surface area contributed by atoms with Crippen molar-refractivity contribution in [1.82, 2.24) is 5.32 Å². The first kappa shape index (κ1) is 15.5. The number of nitrogens with one attached hydrogen (secondary N) is 1. The molecule has 1 saturated carbocycles. The van der Waals surface area contributed by atoms with Gasteiger partial charge in [0.15, 0.2) is 0 Å². The molecule has 0 spiro atoms. The Hall–Kier alpha value is -0.860. The lowest BCUT2D eigenvalue weighted by Gasteiger charge is -2.54. The SMILES string of the molecule is CCOC1CC(NCC(C)c2ccccc2)C1(C)CC. The van der Waals surface area contributed by atoms with Crippen LogP contribution in [0.25, 0.3) is 0 Å². The van der Waals surface area contributed by atoms with Gasteiger partial charge in [-0.3, -0.25) is 0 Å². The molecule has 0 radical (unpaired) electrons. The van der Waals surface area contributed by atoms with Gasteiger partial charge < -0.3 is 10.1 Å². The van der Waals surface area contributed by atoms with E-state index in [-0.39, 0.29) is 0 Å². The predicted octanol–water partition coefficient (Wildman–Crippen LogP) is 3.97. The summed E-state index contributed by atoms with van der Waals surface area (Å²) in [6.07, 6.45) is 2.76. The molecular formula is C18H29NO. The van der Waals surface area contributed by atoms with Crippen LogP contribution >= 0.6 is 0 Å². The van der Waals surface area contributed by atoms with Crippen molar-refractivity contribution in [1.29, 1.82) is 0 Å². The third kappa shape index (κ3) is 3.07. The van der Waals surface area contributed by atoms with Crippen LogP contribution in [0.1, 0.15) is 52.0 Å². The molecule has 0 saturated heterocycles. The number of rotatable bonds is 7. The molecule has 2 nitrogen and oxygen atoms in total. The molecule has 2 rings (SSSR count). The summed E-state index contributed by atoms with van der Waals surface area (Å²) in [7, 11) is 0. The van der Waals surface area contributed by atoms with Crippen molar-refractivity contribution in [3.05, 3.63) is 35.9 Å². The number of hydrogen-bond donors (Lipinski definition) is 1. The third-order valence-electron chi connectivity index (χ3n) is 5.15. The van der Waals surface area contributed by atoms with Gasteiger partial charge in [0.25, 0.3) is 0 Å². The summed E-state index contributed by atoms with van der Waals surface area (Å²) in [5.41, 5.74) is 1.71. The fraction of sp³-hybridized carbons (Fsp3) is 0.667. The van der Waals surface area contributed by atoms with E-state index in [1.165, 1.54) is 12.0 Å². The van der Waals surface area contributed by atoms with Gasteiger partial charge in [-0.1, -0.05) is 51.1 Å². The topological polar surface area (TPSA) is 21.3 Å². The lowest BCUT2D eigenvalue weighted by Crippen LogP contribution is -2.62. The largest absolute Gasteiger partial charge is 0.378 e. The molecule has 1 aromatic carbocycles. The average molecular weight is 275 g/mol. The molecule has 20 heavy (non-hydrogen) atoms. The van der Waals surface area contributed by atoms with Crippen LogP contribution in [0.5, 0.6) is 0 Å². The van der Waals surface area contributed by atoms with Gasteiger partial charge in [-0.25, -0.2) is 0 Å². The summed E-state index contributed by atoms with van der Waals surface area (Å²) < 4.78 is 5.87. The minimum Gasteiger partial charge on any atom is -0.378 e. The van der Waals surface area contributed by atoms with Gasteiger partial charge in [0.05, 0.1) is 6.10 Å². The Morgan fingerprint density at radius 1 is 1.30 bits per heavy atom. The molecule has 112 valence electrons. The minimum absolute atomic E-state index is 0.298. The lowest BCUT2D eigenvalue weighted by molar-refractivity contribution is -0.125. The van der Waals surface area contributed by atoms with Gasteiger partial charge in [0.1, 0.15) is 0 Å². The molecule has 0 amide bonds. The molecule has 1 aliphatic carbocycles. The smallest absolute Gasteiger partial charge is 0.0658 e. The second kappa shape index (κ2) is 6.73. The highest BCUT2D eigenvalue weighted by molar-refractivity contribution is 5.19. The van der Waals surface area contributed by atoms with Crippen molar-refractivity contribution in [2.75, 3.05) is 13.2 Å². The Labute approximate surface area is 123 Å². The summed E-state index contributed by atoms with van der Waals surface area (Å²) in [5.74, 6) is 0.559. The fourth-order valence-corrected chi connectivity index (χ4v) is 3.29. The zero-order valence-electron chi connectivity index (χ0n) is 13.4. The van der Waals surface area contributed by atoms with Gasteiger partial charge in [-0.15, -0.1) is 0 Å². The molecule has 4 atom stereocenters. The maximum absolute atomic E-state index is 5.87. The Morgan fingerprint density at radius 2 is 2.00 bits per heavy atom. The summed E-state index contributed by atoms with van der Waals surface area (Å²) >= 11 is 0. The molecule has 0 bridgehead atoms. The van der Waals surface area contributed by atoms with Crippen LogP contribution < -0.4 is 5.32 Å². The van der Waals surface area contributed by atoms with E-state index in [4.69, 9.17) is 4.74 Å². The molecule has 0 aromatic heterocycles. The Morgan fingerprint density at radius 3 is 2.60 bits per heavy atom. The standard InChI is InChI=1S/C18H29NO/c1-5-18(4)16(12-17(18)20-6-2)19-13-14(3)15-10-8-7-9-11-15/h7-11,14,16-17,19H,5-6,12-13H2,1-4H3. The van der Waals surface area contributed by atoms with Crippen LogP contribution in [0, 0.1) is 5.41 Å². The first-order valence-corrected chi connectivity index (χ1v) is 8.01. The number of benzene rings is 1. The van der Waals surface area contributed by atoms with E-state index in [1.807, 2.05) is 0 Å². The number of hydrogen-bond acceptors (Lipinski definition) is 2. The zero-order chi connectivity index (χ0) is 14.6. The highest BCUT2D eigenvalue weighted by Crippen LogP contribution is 2.45. The Balaban J connectivity index is 1.86. The fourth-order valence-electron chi connectivity index (χ4n) is 3.29. The normalized spacial score (nSPS) is 30.8. The molecule has 1 fully saturated rings. The van der Waals surface area contributed by atoms with E-state index in [1.54, 1.807) is 0 Å². The maximum atomic E-state index is 5.87. The van der Waals surface area contributed by atoms with Crippen molar-refractivity contribution in [2.45, 2.75) is 58.6 Å². The van der Waals surface area contributed by atoms with Crippen molar-refractivity contribution in [2.24, 2.45) is 5.41 Å². The molecule has 0 heterocycles. The van der Waals surface area contributed by atoms with Gasteiger partial charge in [-0.05, 0) is 31.2 Å². The summed E-state index contributed by atoms with van der Waals surface area (Å²) in [6.45, 7) is 10.9. The molecule has 1 aromatic rings. The Bertz CT molecular complexity index is 405. The predicted molar refractivity (Wildman–Crippen MR) is 85.1 cm³/mol.